The summed E-state index contributed by atoms with van der Waals surface area (Å²) >= 11 is 1.37. The number of hydrogen-bond donors (Lipinski definition) is 2. The van der Waals surface area contributed by atoms with Crippen molar-refractivity contribution in [1.29, 1.82) is 0 Å². The molecule has 2 aromatic heterocycles. The first kappa shape index (κ1) is 18.4. The van der Waals surface area contributed by atoms with E-state index in [-0.39, 0.29) is 6.42 Å². The highest BCUT2D eigenvalue weighted by Gasteiger charge is 2.31. The lowest BCUT2D eigenvalue weighted by atomic mass is 10.2. The fraction of sp³-hybridized carbons (Fsp3) is 0.143. The van der Waals surface area contributed by atoms with Crippen LogP contribution in [0.1, 0.15) is 11.3 Å². The van der Waals surface area contributed by atoms with Crippen molar-refractivity contribution in [3.63, 3.8) is 0 Å². The third kappa shape index (κ3) is 4.03. The fourth-order valence-corrected chi connectivity index (χ4v) is 3.72. The van der Waals surface area contributed by atoms with Crippen LogP contribution in [0, 0.1) is 0 Å². The molecule has 0 bridgehead atoms. The van der Waals surface area contributed by atoms with Crippen LogP contribution in [0.15, 0.2) is 46.9 Å². The van der Waals surface area contributed by atoms with Gasteiger partial charge in [0.25, 0.3) is 10.0 Å². The van der Waals surface area contributed by atoms with Crippen molar-refractivity contribution in [2.75, 3.05) is 0 Å². The SMILES string of the molecule is O=C(Cc1cn2ccsc2n1)NNS(=O)(=O)c1cccc(C(F)(F)F)c1. The summed E-state index contributed by atoms with van der Waals surface area (Å²) in [7, 11) is -4.35. The zero-order valence-electron chi connectivity index (χ0n) is 12.8. The van der Waals surface area contributed by atoms with E-state index in [1.165, 1.54) is 11.3 Å². The number of carbonyl (C=O) groups is 1. The molecule has 1 aromatic carbocycles. The Labute approximate surface area is 149 Å². The number of hydrogen-bond acceptors (Lipinski definition) is 5. The smallest absolute Gasteiger partial charge is 0.297 e. The maximum atomic E-state index is 12.7. The molecule has 0 saturated carbocycles. The van der Waals surface area contributed by atoms with Crippen molar-refractivity contribution in [2.45, 2.75) is 17.5 Å². The van der Waals surface area contributed by atoms with E-state index in [1.807, 2.05) is 10.8 Å². The van der Waals surface area contributed by atoms with Gasteiger partial charge in [-0.15, -0.1) is 16.2 Å². The Balaban J connectivity index is 1.66. The largest absolute Gasteiger partial charge is 0.416 e. The quantitative estimate of drug-likeness (QED) is 0.636. The zero-order valence-corrected chi connectivity index (χ0v) is 14.5. The van der Waals surface area contributed by atoms with E-state index < -0.39 is 32.6 Å². The Bertz CT molecular complexity index is 1030. The second kappa shape index (κ2) is 6.70. The van der Waals surface area contributed by atoms with E-state index in [4.69, 9.17) is 0 Å². The first-order valence-electron chi connectivity index (χ1n) is 7.04. The number of amides is 1. The van der Waals surface area contributed by atoms with Crippen molar-refractivity contribution in [1.82, 2.24) is 19.6 Å². The summed E-state index contributed by atoms with van der Waals surface area (Å²) in [5.74, 6) is -0.702. The van der Waals surface area contributed by atoms with Crippen molar-refractivity contribution in [3.8, 4) is 0 Å². The topological polar surface area (TPSA) is 92.6 Å². The maximum Gasteiger partial charge on any atom is 0.416 e. The summed E-state index contributed by atoms with van der Waals surface area (Å²) < 4.78 is 63.9. The highest BCUT2D eigenvalue weighted by Crippen LogP contribution is 2.30. The Hall–Kier alpha value is -2.44. The number of sulfonamides is 1. The summed E-state index contributed by atoms with van der Waals surface area (Å²) in [4.78, 5) is 17.9. The number of carbonyl (C=O) groups excluding carboxylic acids is 1. The molecule has 1 amide bonds. The van der Waals surface area contributed by atoms with Gasteiger partial charge >= 0.3 is 6.18 Å². The van der Waals surface area contributed by atoms with Gasteiger partial charge in [-0.05, 0) is 18.2 Å². The van der Waals surface area contributed by atoms with Gasteiger partial charge in [0.15, 0.2) is 4.96 Å². The number of hydrazine groups is 1. The van der Waals surface area contributed by atoms with Gasteiger partial charge in [-0.3, -0.25) is 14.6 Å². The van der Waals surface area contributed by atoms with Crippen molar-refractivity contribution >= 4 is 32.2 Å². The van der Waals surface area contributed by atoms with Crippen molar-refractivity contribution in [3.05, 3.63) is 53.3 Å². The first-order valence-corrected chi connectivity index (χ1v) is 9.40. The van der Waals surface area contributed by atoms with Crippen LogP contribution in [0.3, 0.4) is 0 Å². The minimum absolute atomic E-state index is 0.195. The lowest BCUT2D eigenvalue weighted by Crippen LogP contribution is -2.42. The minimum atomic E-state index is -4.68. The van der Waals surface area contributed by atoms with E-state index in [0.717, 1.165) is 18.2 Å². The summed E-state index contributed by atoms with van der Waals surface area (Å²) in [6.07, 6.45) is -1.50. The molecule has 138 valence electrons. The van der Waals surface area contributed by atoms with E-state index in [1.54, 1.807) is 21.6 Å². The zero-order chi connectivity index (χ0) is 18.9. The first-order chi connectivity index (χ1) is 12.1. The molecule has 3 aromatic rings. The summed E-state index contributed by atoms with van der Waals surface area (Å²) in [6.45, 7) is 0. The number of benzene rings is 1. The van der Waals surface area contributed by atoms with Gasteiger partial charge in [0.1, 0.15) is 0 Å². The highest BCUT2D eigenvalue weighted by atomic mass is 32.2. The Morgan fingerprint density at radius 3 is 2.77 bits per heavy atom. The number of thiazole rings is 1. The molecule has 3 rings (SSSR count). The molecule has 0 unspecified atom stereocenters. The summed E-state index contributed by atoms with van der Waals surface area (Å²) in [5, 5.41) is 1.81. The van der Waals surface area contributed by atoms with Crippen LogP contribution < -0.4 is 10.3 Å². The Morgan fingerprint density at radius 1 is 1.31 bits per heavy atom. The van der Waals surface area contributed by atoms with Crippen LogP contribution in [0.4, 0.5) is 13.2 Å². The third-order valence-electron chi connectivity index (χ3n) is 3.28. The molecule has 0 atom stereocenters. The van der Waals surface area contributed by atoms with E-state index in [9.17, 15) is 26.4 Å². The van der Waals surface area contributed by atoms with E-state index in [0.29, 0.717) is 16.7 Å². The highest BCUT2D eigenvalue weighted by molar-refractivity contribution is 7.89. The summed E-state index contributed by atoms with van der Waals surface area (Å²) in [6, 6.07) is 3.20. The summed E-state index contributed by atoms with van der Waals surface area (Å²) in [5.41, 5.74) is 1.28. The monoisotopic (exact) mass is 404 g/mol. The van der Waals surface area contributed by atoms with Crippen LogP contribution in [-0.4, -0.2) is 23.7 Å². The Morgan fingerprint density at radius 2 is 2.08 bits per heavy atom. The molecule has 2 heterocycles. The van der Waals surface area contributed by atoms with E-state index in [2.05, 4.69) is 4.98 Å². The second-order valence-electron chi connectivity index (χ2n) is 5.18. The molecule has 0 aliphatic heterocycles. The van der Waals surface area contributed by atoms with Gasteiger partial charge < -0.3 is 0 Å². The molecule has 7 nitrogen and oxygen atoms in total. The lowest BCUT2D eigenvalue weighted by Gasteiger charge is -2.10. The Kier molecular flexibility index (Phi) is 4.73. The number of halogens is 3. The predicted molar refractivity (Wildman–Crippen MR) is 86.7 cm³/mol. The van der Waals surface area contributed by atoms with Crippen LogP contribution >= 0.6 is 11.3 Å². The van der Waals surface area contributed by atoms with Crippen LogP contribution in [0.25, 0.3) is 4.96 Å². The van der Waals surface area contributed by atoms with Crippen LogP contribution in [-0.2, 0) is 27.4 Å². The average Bonchev–Trinajstić information content (AvgIpc) is 3.14. The molecular formula is C14H11F3N4O3S2. The number of alkyl halides is 3. The normalized spacial score (nSPS) is 12.4. The predicted octanol–water partition coefficient (Wildman–Crippen LogP) is 1.97. The van der Waals surface area contributed by atoms with Gasteiger partial charge in [-0.1, -0.05) is 6.07 Å². The molecule has 0 fully saturated rings. The molecular weight excluding hydrogens is 393 g/mol. The number of imidazole rings is 1. The third-order valence-corrected chi connectivity index (χ3v) is 5.30. The molecule has 12 heteroatoms. The number of rotatable bonds is 5. The van der Waals surface area contributed by atoms with Gasteiger partial charge in [0.2, 0.25) is 5.91 Å². The number of nitrogens with one attached hydrogen (secondary N) is 2. The molecule has 0 spiro atoms. The molecule has 0 aliphatic rings. The van der Waals surface area contributed by atoms with E-state index >= 15 is 0 Å². The van der Waals surface area contributed by atoms with Crippen molar-refractivity contribution in [2.24, 2.45) is 0 Å². The number of aromatic nitrogens is 2. The molecule has 0 saturated heterocycles. The molecule has 2 N–H and O–H groups in total. The van der Waals surface area contributed by atoms with Crippen LogP contribution in [0.2, 0.25) is 0 Å². The van der Waals surface area contributed by atoms with Crippen LogP contribution in [0.5, 0.6) is 0 Å². The number of fused-ring (bicyclic) bond motifs is 1. The average molecular weight is 404 g/mol. The minimum Gasteiger partial charge on any atom is -0.297 e. The van der Waals surface area contributed by atoms with Gasteiger partial charge in [-0.2, -0.15) is 13.2 Å². The van der Waals surface area contributed by atoms with Gasteiger partial charge in [0, 0.05) is 17.8 Å². The molecule has 0 aliphatic carbocycles. The standard InChI is InChI=1S/C14H11F3N4O3S2/c15-14(16,17)9-2-1-3-11(6-9)26(23,24)20-19-12(22)7-10-8-21-4-5-25-13(21)18-10/h1-6,8,20H,7H2,(H,19,22). The fourth-order valence-electron chi connectivity index (χ4n) is 2.09. The van der Waals surface area contributed by atoms with Gasteiger partial charge in [-0.25, -0.2) is 13.4 Å². The molecule has 26 heavy (non-hydrogen) atoms. The molecule has 0 radical (unpaired) electrons. The second-order valence-corrected chi connectivity index (χ2v) is 7.74. The maximum absolute atomic E-state index is 12.7. The van der Waals surface area contributed by atoms with Gasteiger partial charge in [0.05, 0.1) is 22.6 Å². The number of nitrogens with zero attached hydrogens (tertiary/aromatic N) is 2. The van der Waals surface area contributed by atoms with Crippen molar-refractivity contribution < 1.29 is 26.4 Å². The lowest BCUT2D eigenvalue weighted by molar-refractivity contribution is -0.137.